The van der Waals surface area contributed by atoms with Gasteiger partial charge in [0.1, 0.15) is 0 Å². The van der Waals surface area contributed by atoms with Crippen LogP contribution in [0.2, 0.25) is 5.02 Å². The Labute approximate surface area is 147 Å². The summed E-state index contributed by atoms with van der Waals surface area (Å²) in [4.78, 5) is 35.2. The first kappa shape index (κ1) is 20.0. The van der Waals surface area contributed by atoms with Gasteiger partial charge in [0, 0.05) is 29.1 Å². The lowest BCUT2D eigenvalue weighted by molar-refractivity contribution is -0.129. The predicted molar refractivity (Wildman–Crippen MR) is 94.9 cm³/mol. The second-order valence-corrected chi connectivity index (χ2v) is 6.90. The fraction of sp³-hybridized carbons (Fsp3) is 0.471. The number of carbonyl (C=O) groups excluding carboxylic acids is 3. The van der Waals surface area contributed by atoms with Gasteiger partial charge in [-0.2, -0.15) is 0 Å². The average Bonchev–Trinajstić information content (AvgIpc) is 2.49. The lowest BCUT2D eigenvalue weighted by Gasteiger charge is -2.17. The van der Waals surface area contributed by atoms with Crippen LogP contribution in [0.1, 0.15) is 32.8 Å². The highest BCUT2D eigenvalue weighted by Crippen LogP contribution is 2.22. The number of nitrogens with one attached hydrogen (secondary N) is 3. The van der Waals surface area contributed by atoms with E-state index in [9.17, 15) is 14.4 Å². The maximum absolute atomic E-state index is 11.9. The summed E-state index contributed by atoms with van der Waals surface area (Å²) in [7, 11) is 0. The number of amides is 3. The van der Waals surface area contributed by atoms with Crippen LogP contribution in [0.4, 0.5) is 5.69 Å². The molecule has 0 atom stereocenters. The quantitative estimate of drug-likeness (QED) is 0.733. The van der Waals surface area contributed by atoms with Crippen LogP contribution in [0.25, 0.3) is 0 Å². The molecule has 0 spiro atoms. The van der Waals surface area contributed by atoms with E-state index < -0.39 is 5.41 Å². The summed E-state index contributed by atoms with van der Waals surface area (Å²) < 4.78 is 0. The van der Waals surface area contributed by atoms with Gasteiger partial charge in [-0.25, -0.2) is 0 Å². The van der Waals surface area contributed by atoms with Crippen LogP contribution in [-0.2, 0) is 14.4 Å². The van der Waals surface area contributed by atoms with Gasteiger partial charge in [-0.05, 0) is 24.6 Å². The second-order valence-electron chi connectivity index (χ2n) is 6.49. The number of carbonyl (C=O) groups is 3. The van der Waals surface area contributed by atoms with Crippen LogP contribution in [0, 0.1) is 12.3 Å². The number of benzene rings is 1. The Morgan fingerprint density at radius 2 is 1.75 bits per heavy atom. The fourth-order valence-electron chi connectivity index (χ4n) is 1.76. The zero-order valence-electron chi connectivity index (χ0n) is 14.5. The number of anilines is 1. The number of hydrogen-bond donors (Lipinski definition) is 3. The van der Waals surface area contributed by atoms with E-state index in [2.05, 4.69) is 16.0 Å². The first-order valence-corrected chi connectivity index (χ1v) is 8.09. The Balaban J connectivity index is 2.33. The van der Waals surface area contributed by atoms with E-state index >= 15 is 0 Å². The van der Waals surface area contributed by atoms with E-state index in [1.54, 1.807) is 45.9 Å². The number of hydrogen-bond acceptors (Lipinski definition) is 3. The van der Waals surface area contributed by atoms with Crippen molar-refractivity contribution in [3.05, 3.63) is 28.8 Å². The van der Waals surface area contributed by atoms with Gasteiger partial charge in [-0.1, -0.05) is 38.4 Å². The summed E-state index contributed by atoms with van der Waals surface area (Å²) in [5.41, 5.74) is 0.883. The van der Waals surface area contributed by atoms with Gasteiger partial charge < -0.3 is 16.0 Å². The van der Waals surface area contributed by atoms with Gasteiger partial charge in [0.15, 0.2) is 0 Å². The third kappa shape index (κ3) is 6.58. The Hall–Kier alpha value is -2.08. The molecular weight excluding hydrogens is 330 g/mol. The van der Waals surface area contributed by atoms with Crippen LogP contribution in [-0.4, -0.2) is 30.8 Å². The minimum atomic E-state index is -0.495. The SMILES string of the molecule is Cc1c(Cl)cccc1NC(=O)CNC(=O)CCNC(=O)C(C)(C)C. The van der Waals surface area contributed by atoms with Gasteiger partial charge in [-0.15, -0.1) is 0 Å². The van der Waals surface area contributed by atoms with Crippen LogP contribution < -0.4 is 16.0 Å². The molecule has 0 saturated carbocycles. The minimum Gasteiger partial charge on any atom is -0.355 e. The second kappa shape index (κ2) is 8.68. The molecule has 0 unspecified atom stereocenters. The first-order chi connectivity index (χ1) is 11.1. The molecule has 0 aliphatic heterocycles. The Bertz CT molecular complexity index is 624. The first-order valence-electron chi connectivity index (χ1n) is 7.71. The Morgan fingerprint density at radius 1 is 1.08 bits per heavy atom. The van der Waals surface area contributed by atoms with E-state index in [0.717, 1.165) is 5.56 Å². The van der Waals surface area contributed by atoms with Gasteiger partial charge >= 0.3 is 0 Å². The van der Waals surface area contributed by atoms with Crippen molar-refractivity contribution in [3.8, 4) is 0 Å². The van der Waals surface area contributed by atoms with Crippen LogP contribution in [0.15, 0.2) is 18.2 Å². The highest BCUT2D eigenvalue weighted by Gasteiger charge is 2.20. The van der Waals surface area contributed by atoms with Crippen molar-refractivity contribution in [1.29, 1.82) is 0 Å². The lowest BCUT2D eigenvalue weighted by Crippen LogP contribution is -2.38. The zero-order chi connectivity index (χ0) is 18.3. The van der Waals surface area contributed by atoms with Crippen molar-refractivity contribution < 1.29 is 14.4 Å². The monoisotopic (exact) mass is 353 g/mol. The summed E-state index contributed by atoms with van der Waals surface area (Å²) >= 11 is 5.98. The van der Waals surface area contributed by atoms with Crippen LogP contribution in [0.3, 0.4) is 0 Å². The Kier molecular flexibility index (Phi) is 7.22. The molecule has 3 amide bonds. The minimum absolute atomic E-state index is 0.116. The van der Waals surface area contributed by atoms with E-state index in [1.807, 2.05) is 0 Å². The topological polar surface area (TPSA) is 87.3 Å². The number of halogens is 1. The molecule has 0 radical (unpaired) electrons. The van der Waals surface area contributed by atoms with Crippen molar-refractivity contribution in [2.24, 2.45) is 5.41 Å². The summed E-state index contributed by atoms with van der Waals surface area (Å²) in [6.45, 7) is 7.28. The molecule has 7 heteroatoms. The third-order valence-corrected chi connectivity index (χ3v) is 3.72. The molecule has 0 aliphatic rings. The largest absolute Gasteiger partial charge is 0.355 e. The van der Waals surface area contributed by atoms with Crippen molar-refractivity contribution in [2.45, 2.75) is 34.1 Å². The van der Waals surface area contributed by atoms with Gasteiger partial charge in [0.2, 0.25) is 17.7 Å². The molecular formula is C17H24ClN3O3. The van der Waals surface area contributed by atoms with Gasteiger partial charge in [0.25, 0.3) is 0 Å². The van der Waals surface area contributed by atoms with Crippen LogP contribution in [0.5, 0.6) is 0 Å². The van der Waals surface area contributed by atoms with E-state index in [-0.39, 0.29) is 37.2 Å². The highest BCUT2D eigenvalue weighted by atomic mass is 35.5. The van der Waals surface area contributed by atoms with E-state index in [4.69, 9.17) is 11.6 Å². The van der Waals surface area contributed by atoms with Crippen molar-refractivity contribution in [1.82, 2.24) is 10.6 Å². The Morgan fingerprint density at radius 3 is 2.38 bits per heavy atom. The molecule has 0 aromatic heterocycles. The highest BCUT2D eigenvalue weighted by molar-refractivity contribution is 6.31. The molecule has 0 heterocycles. The van der Waals surface area contributed by atoms with Crippen molar-refractivity contribution >= 4 is 35.0 Å². The normalized spacial score (nSPS) is 10.9. The summed E-state index contributed by atoms with van der Waals surface area (Å²) in [6.07, 6.45) is 0.116. The summed E-state index contributed by atoms with van der Waals surface area (Å²) in [5.74, 6) is -0.765. The maximum atomic E-state index is 11.9. The predicted octanol–water partition coefficient (Wildman–Crippen LogP) is 2.26. The number of rotatable bonds is 6. The molecule has 132 valence electrons. The van der Waals surface area contributed by atoms with Crippen molar-refractivity contribution in [2.75, 3.05) is 18.4 Å². The molecule has 1 aromatic rings. The van der Waals surface area contributed by atoms with Gasteiger partial charge in [0.05, 0.1) is 6.54 Å². The summed E-state index contributed by atoms with van der Waals surface area (Å²) in [6, 6.07) is 5.21. The zero-order valence-corrected chi connectivity index (χ0v) is 15.2. The van der Waals surface area contributed by atoms with Crippen LogP contribution >= 0.6 is 11.6 Å². The molecule has 0 aliphatic carbocycles. The van der Waals surface area contributed by atoms with E-state index in [1.165, 1.54) is 0 Å². The van der Waals surface area contributed by atoms with E-state index in [0.29, 0.717) is 10.7 Å². The third-order valence-electron chi connectivity index (χ3n) is 3.31. The molecule has 0 bridgehead atoms. The lowest BCUT2D eigenvalue weighted by atomic mass is 9.96. The van der Waals surface area contributed by atoms with Gasteiger partial charge in [-0.3, -0.25) is 14.4 Å². The molecule has 24 heavy (non-hydrogen) atoms. The molecule has 0 saturated heterocycles. The maximum Gasteiger partial charge on any atom is 0.243 e. The van der Waals surface area contributed by atoms with Crippen molar-refractivity contribution in [3.63, 3.8) is 0 Å². The fourth-order valence-corrected chi connectivity index (χ4v) is 1.93. The molecule has 3 N–H and O–H groups in total. The molecule has 6 nitrogen and oxygen atoms in total. The smallest absolute Gasteiger partial charge is 0.243 e. The average molecular weight is 354 g/mol. The molecule has 1 aromatic carbocycles. The molecule has 0 fully saturated rings. The standard InChI is InChI=1S/C17H24ClN3O3/c1-11-12(18)6-5-7-13(11)21-15(23)10-20-14(22)8-9-19-16(24)17(2,3)4/h5-7H,8-10H2,1-4H3,(H,19,24)(H,20,22)(H,21,23). The molecule has 1 rings (SSSR count). The summed E-state index contributed by atoms with van der Waals surface area (Å²) in [5, 5.41) is 8.45.